The lowest BCUT2D eigenvalue weighted by Gasteiger charge is -2.14. The number of nitrogens with zero attached hydrogens (tertiary/aromatic N) is 4. The largest absolute Gasteiger partial charge is 0.495 e. The maximum Gasteiger partial charge on any atom is 0.248 e. The summed E-state index contributed by atoms with van der Waals surface area (Å²) < 4.78 is 32.7. The van der Waals surface area contributed by atoms with Gasteiger partial charge in [-0.05, 0) is 29.8 Å². The number of nitrogens with one attached hydrogen (secondary N) is 1. The predicted octanol–water partition coefficient (Wildman–Crippen LogP) is 2.24. The fraction of sp³-hybridized carbons (Fsp3) is 0.190. The van der Waals surface area contributed by atoms with Crippen LogP contribution in [0.3, 0.4) is 0 Å². The number of hydrogen-bond acceptors (Lipinski definition) is 6. The summed E-state index contributed by atoms with van der Waals surface area (Å²) in [5.41, 5.74) is 1.84. The Bertz CT molecular complexity index is 1190. The van der Waals surface area contributed by atoms with Crippen molar-refractivity contribution < 1.29 is 17.9 Å². The molecule has 9 nitrogen and oxygen atoms in total. The van der Waals surface area contributed by atoms with E-state index in [-0.39, 0.29) is 10.6 Å². The first-order valence-electron chi connectivity index (χ1n) is 9.33. The first-order chi connectivity index (χ1) is 14.8. The zero-order valence-electron chi connectivity index (χ0n) is 17.4. The molecule has 0 spiro atoms. The number of sulfonamides is 1. The lowest BCUT2D eigenvalue weighted by Crippen LogP contribution is -2.22. The number of benzene rings is 2. The number of carbonyl (C=O) groups is 1. The fourth-order valence-electron chi connectivity index (χ4n) is 2.73. The molecule has 0 aliphatic rings. The zero-order chi connectivity index (χ0) is 22.4. The Kier molecular flexibility index (Phi) is 6.83. The predicted molar refractivity (Wildman–Crippen MR) is 117 cm³/mol. The fourth-order valence-corrected chi connectivity index (χ4v) is 3.66. The number of carbonyl (C=O) groups excluding carboxylic acids is 1. The van der Waals surface area contributed by atoms with Crippen molar-refractivity contribution in [1.29, 1.82) is 0 Å². The Morgan fingerprint density at radius 3 is 2.61 bits per heavy atom. The van der Waals surface area contributed by atoms with Crippen molar-refractivity contribution in [2.24, 2.45) is 0 Å². The van der Waals surface area contributed by atoms with Crippen LogP contribution in [0.5, 0.6) is 5.75 Å². The maximum atomic E-state index is 12.4. The number of aromatic nitrogens is 3. The summed E-state index contributed by atoms with van der Waals surface area (Å²) in [7, 11) is 0.657. The van der Waals surface area contributed by atoms with Gasteiger partial charge in [0.2, 0.25) is 15.9 Å². The van der Waals surface area contributed by atoms with Gasteiger partial charge in [0, 0.05) is 20.2 Å². The van der Waals surface area contributed by atoms with Crippen molar-refractivity contribution in [1.82, 2.24) is 19.3 Å². The van der Waals surface area contributed by atoms with Crippen molar-refractivity contribution in [2.75, 3.05) is 26.5 Å². The van der Waals surface area contributed by atoms with Crippen LogP contribution < -0.4 is 10.1 Å². The Morgan fingerprint density at radius 2 is 1.94 bits per heavy atom. The van der Waals surface area contributed by atoms with E-state index >= 15 is 0 Å². The van der Waals surface area contributed by atoms with Gasteiger partial charge in [-0.15, -0.1) is 5.10 Å². The number of rotatable bonds is 8. The van der Waals surface area contributed by atoms with Crippen LogP contribution in [0.15, 0.2) is 65.7 Å². The average Bonchev–Trinajstić information content (AvgIpc) is 3.20. The summed E-state index contributed by atoms with van der Waals surface area (Å²) in [5, 5.41) is 10.7. The summed E-state index contributed by atoms with van der Waals surface area (Å²) in [6.07, 6.45) is 4.54. The van der Waals surface area contributed by atoms with E-state index in [0.29, 0.717) is 18.0 Å². The van der Waals surface area contributed by atoms with Gasteiger partial charge in [0.1, 0.15) is 11.4 Å². The number of ether oxygens (including phenoxy) is 1. The van der Waals surface area contributed by atoms with E-state index in [4.69, 9.17) is 4.74 Å². The molecule has 1 amide bonds. The molecule has 31 heavy (non-hydrogen) atoms. The molecule has 162 valence electrons. The first-order valence-corrected chi connectivity index (χ1v) is 10.8. The minimum atomic E-state index is -3.65. The van der Waals surface area contributed by atoms with Gasteiger partial charge in [0.25, 0.3) is 0 Å². The molecule has 0 atom stereocenters. The van der Waals surface area contributed by atoms with E-state index in [2.05, 4.69) is 15.6 Å². The van der Waals surface area contributed by atoms with Crippen LogP contribution in [-0.4, -0.2) is 54.8 Å². The molecule has 0 unspecified atom stereocenters. The van der Waals surface area contributed by atoms with Crippen LogP contribution in [0.2, 0.25) is 0 Å². The Morgan fingerprint density at radius 1 is 1.19 bits per heavy atom. The van der Waals surface area contributed by atoms with Gasteiger partial charge < -0.3 is 10.1 Å². The molecular formula is C21H23N5O4S. The molecule has 0 saturated carbocycles. The van der Waals surface area contributed by atoms with Gasteiger partial charge in [0.05, 0.1) is 30.4 Å². The molecule has 3 aromatic rings. The number of amides is 1. The monoisotopic (exact) mass is 441 g/mol. The smallest absolute Gasteiger partial charge is 0.248 e. The average molecular weight is 442 g/mol. The van der Waals surface area contributed by atoms with Gasteiger partial charge in [-0.25, -0.2) is 17.4 Å². The second kappa shape index (κ2) is 9.54. The Hall–Kier alpha value is -3.50. The first kappa shape index (κ1) is 22.2. The zero-order valence-corrected chi connectivity index (χ0v) is 18.2. The van der Waals surface area contributed by atoms with E-state index in [1.165, 1.54) is 51.6 Å². The van der Waals surface area contributed by atoms with E-state index < -0.39 is 15.9 Å². The second-order valence-electron chi connectivity index (χ2n) is 6.80. The summed E-state index contributed by atoms with van der Waals surface area (Å²) in [5.74, 6) is -0.122. The van der Waals surface area contributed by atoms with Gasteiger partial charge >= 0.3 is 0 Å². The van der Waals surface area contributed by atoms with E-state index in [1.807, 2.05) is 30.3 Å². The highest BCUT2D eigenvalue weighted by molar-refractivity contribution is 7.89. The summed E-state index contributed by atoms with van der Waals surface area (Å²) in [6, 6.07) is 14.1. The lowest BCUT2D eigenvalue weighted by molar-refractivity contribution is -0.111. The van der Waals surface area contributed by atoms with Gasteiger partial charge in [0.15, 0.2) is 0 Å². The standard InChI is InChI=1S/C21H23N5O4S/c1-25(2)31(28,29)18-10-11-20(30-3)19(13-18)22-21(27)12-9-17-15-26(24-23-17)14-16-7-5-4-6-8-16/h4-13,15H,14H2,1-3H3,(H,22,27)/b12-9+. The third kappa shape index (κ3) is 5.56. The molecule has 10 heteroatoms. The number of methoxy groups -OCH3 is 1. The molecule has 0 radical (unpaired) electrons. The van der Waals surface area contributed by atoms with Gasteiger partial charge in [-0.2, -0.15) is 0 Å². The minimum Gasteiger partial charge on any atom is -0.495 e. The van der Waals surface area contributed by atoms with Crippen molar-refractivity contribution in [3.8, 4) is 5.75 Å². The lowest BCUT2D eigenvalue weighted by atomic mass is 10.2. The van der Waals surface area contributed by atoms with E-state index in [9.17, 15) is 13.2 Å². The molecule has 1 aromatic heterocycles. The summed E-state index contributed by atoms with van der Waals surface area (Å²) in [6.45, 7) is 0.568. The molecular weight excluding hydrogens is 418 g/mol. The third-order valence-corrected chi connectivity index (χ3v) is 6.17. The van der Waals surface area contributed by atoms with Crippen molar-refractivity contribution in [3.63, 3.8) is 0 Å². The van der Waals surface area contributed by atoms with E-state index in [0.717, 1.165) is 9.87 Å². The Balaban J connectivity index is 1.71. The SMILES string of the molecule is COc1ccc(S(=O)(=O)N(C)C)cc1NC(=O)/C=C/c1cn(Cc2ccccc2)nn1. The van der Waals surface area contributed by atoms with Crippen LogP contribution in [0.25, 0.3) is 6.08 Å². The molecule has 1 N–H and O–H groups in total. The molecule has 2 aromatic carbocycles. The third-order valence-electron chi connectivity index (χ3n) is 4.36. The molecule has 0 aliphatic carbocycles. The molecule has 0 bridgehead atoms. The van der Waals surface area contributed by atoms with Crippen LogP contribution in [0, 0.1) is 0 Å². The quantitative estimate of drug-likeness (QED) is 0.538. The molecule has 1 heterocycles. The summed E-state index contributed by atoms with van der Waals surface area (Å²) in [4.78, 5) is 12.4. The topological polar surface area (TPSA) is 106 Å². The molecule has 0 aliphatic heterocycles. The number of hydrogen-bond donors (Lipinski definition) is 1. The van der Waals surface area contributed by atoms with Crippen LogP contribution >= 0.6 is 0 Å². The van der Waals surface area contributed by atoms with Crippen LogP contribution in [0.1, 0.15) is 11.3 Å². The van der Waals surface area contributed by atoms with Crippen molar-refractivity contribution in [2.45, 2.75) is 11.4 Å². The normalized spacial score (nSPS) is 11.7. The molecule has 3 rings (SSSR count). The maximum absolute atomic E-state index is 12.4. The highest BCUT2D eigenvalue weighted by Gasteiger charge is 2.19. The van der Waals surface area contributed by atoms with Gasteiger partial charge in [-0.1, -0.05) is 35.5 Å². The Labute approximate surface area is 181 Å². The highest BCUT2D eigenvalue weighted by atomic mass is 32.2. The van der Waals surface area contributed by atoms with Crippen LogP contribution in [-0.2, 0) is 21.4 Å². The second-order valence-corrected chi connectivity index (χ2v) is 8.95. The van der Waals surface area contributed by atoms with E-state index in [1.54, 1.807) is 10.9 Å². The highest BCUT2D eigenvalue weighted by Crippen LogP contribution is 2.28. The molecule has 0 saturated heterocycles. The van der Waals surface area contributed by atoms with Crippen molar-refractivity contribution >= 4 is 27.7 Å². The van der Waals surface area contributed by atoms with Crippen molar-refractivity contribution in [3.05, 3.63) is 72.1 Å². The summed E-state index contributed by atoms with van der Waals surface area (Å²) >= 11 is 0. The van der Waals surface area contributed by atoms with Gasteiger partial charge in [-0.3, -0.25) is 4.79 Å². The van der Waals surface area contributed by atoms with Crippen LogP contribution in [0.4, 0.5) is 5.69 Å². The number of anilines is 1. The molecule has 0 fully saturated rings. The minimum absolute atomic E-state index is 0.0430.